The van der Waals surface area contributed by atoms with Gasteiger partial charge in [-0.1, -0.05) is 29.3 Å². The van der Waals surface area contributed by atoms with Gasteiger partial charge in [0.05, 0.1) is 19.2 Å². The second-order valence-corrected chi connectivity index (χ2v) is 5.98. The highest BCUT2D eigenvalue weighted by Gasteiger charge is 2.16. The smallest absolute Gasteiger partial charge is 0.272 e. The number of nitrogens with zero attached hydrogens (tertiary/aromatic N) is 2. The third-order valence-electron chi connectivity index (χ3n) is 3.38. The number of nitrogens with one attached hydrogen (secondary N) is 1. The number of ether oxygens (including phenoxy) is 1. The number of halogens is 2. The fourth-order valence-electron chi connectivity index (χ4n) is 2.11. The van der Waals surface area contributed by atoms with Crippen LogP contribution in [0.3, 0.4) is 0 Å². The van der Waals surface area contributed by atoms with E-state index >= 15 is 0 Å². The van der Waals surface area contributed by atoms with Crippen molar-refractivity contribution < 1.29 is 9.53 Å². The first-order chi connectivity index (χ1) is 11.4. The minimum atomic E-state index is -0.403. The highest BCUT2D eigenvalue weighted by atomic mass is 35.5. The van der Waals surface area contributed by atoms with Crippen LogP contribution in [-0.2, 0) is 11.3 Å². The minimum Gasteiger partial charge on any atom is -0.383 e. The molecule has 0 aliphatic heterocycles. The fraction of sp³-hybridized carbons (Fsp3) is 0.312. The van der Waals surface area contributed by atoms with Crippen LogP contribution in [0.1, 0.15) is 29.0 Å². The molecule has 0 radical (unpaired) electrons. The molecule has 128 valence electrons. The topological polar surface area (TPSA) is 73.2 Å². The van der Waals surface area contributed by atoms with Crippen molar-refractivity contribution >= 4 is 29.1 Å². The molecule has 0 fully saturated rings. The van der Waals surface area contributed by atoms with Crippen molar-refractivity contribution in [2.45, 2.75) is 19.5 Å². The van der Waals surface area contributed by atoms with E-state index in [9.17, 15) is 9.59 Å². The lowest BCUT2D eigenvalue weighted by atomic mass is 10.1. The third kappa shape index (κ3) is 4.56. The number of benzene rings is 1. The summed E-state index contributed by atoms with van der Waals surface area (Å²) < 4.78 is 6.11. The normalized spacial score (nSPS) is 12.0. The molecule has 2 aromatic rings. The summed E-state index contributed by atoms with van der Waals surface area (Å²) in [6.07, 6.45) is 0. The van der Waals surface area contributed by atoms with Crippen molar-refractivity contribution in [2.24, 2.45) is 0 Å². The Hall–Kier alpha value is -1.89. The predicted octanol–water partition coefficient (Wildman–Crippen LogP) is 2.69. The number of rotatable bonds is 6. The van der Waals surface area contributed by atoms with E-state index in [2.05, 4.69) is 10.4 Å². The molecule has 1 atom stereocenters. The molecule has 0 aliphatic rings. The van der Waals surface area contributed by atoms with Gasteiger partial charge in [0.2, 0.25) is 0 Å². The Morgan fingerprint density at radius 3 is 2.75 bits per heavy atom. The molecule has 6 nitrogen and oxygen atoms in total. The summed E-state index contributed by atoms with van der Waals surface area (Å²) >= 11 is 12.0. The number of hydrogen-bond donors (Lipinski definition) is 1. The van der Waals surface area contributed by atoms with Crippen LogP contribution in [-0.4, -0.2) is 29.4 Å². The van der Waals surface area contributed by atoms with Crippen LogP contribution in [0.25, 0.3) is 0 Å². The number of methoxy groups -OCH3 is 1. The Morgan fingerprint density at radius 2 is 2.08 bits per heavy atom. The zero-order valence-corrected chi connectivity index (χ0v) is 14.8. The Balaban J connectivity index is 2.15. The van der Waals surface area contributed by atoms with E-state index in [1.54, 1.807) is 25.1 Å². The van der Waals surface area contributed by atoms with Gasteiger partial charge in [0.1, 0.15) is 5.69 Å². The van der Waals surface area contributed by atoms with E-state index in [1.165, 1.54) is 23.9 Å². The van der Waals surface area contributed by atoms with Crippen molar-refractivity contribution in [1.82, 2.24) is 15.1 Å². The van der Waals surface area contributed by atoms with Gasteiger partial charge in [0.25, 0.3) is 11.5 Å². The van der Waals surface area contributed by atoms with Gasteiger partial charge in [-0.15, -0.1) is 0 Å². The molecular weight excluding hydrogens is 353 g/mol. The minimum absolute atomic E-state index is 0.141. The molecule has 0 saturated carbocycles. The van der Waals surface area contributed by atoms with Crippen LogP contribution in [0.2, 0.25) is 10.0 Å². The number of carbonyl (C=O) groups is 1. The van der Waals surface area contributed by atoms with Crippen molar-refractivity contribution in [3.8, 4) is 0 Å². The van der Waals surface area contributed by atoms with E-state index in [1.807, 2.05) is 0 Å². The van der Waals surface area contributed by atoms with Crippen LogP contribution >= 0.6 is 23.2 Å². The van der Waals surface area contributed by atoms with Gasteiger partial charge in [-0.2, -0.15) is 5.10 Å². The monoisotopic (exact) mass is 369 g/mol. The zero-order valence-electron chi connectivity index (χ0n) is 13.3. The maximum Gasteiger partial charge on any atom is 0.272 e. The van der Waals surface area contributed by atoms with Crippen molar-refractivity contribution in [1.29, 1.82) is 0 Å². The lowest BCUT2D eigenvalue weighted by Crippen LogP contribution is -2.31. The van der Waals surface area contributed by atoms with Crippen LogP contribution in [0.5, 0.6) is 0 Å². The molecule has 8 heteroatoms. The molecule has 1 heterocycles. The largest absolute Gasteiger partial charge is 0.383 e. The van der Waals surface area contributed by atoms with E-state index < -0.39 is 5.91 Å². The van der Waals surface area contributed by atoms with E-state index in [-0.39, 0.29) is 23.8 Å². The second kappa shape index (κ2) is 8.28. The quantitative estimate of drug-likeness (QED) is 0.849. The van der Waals surface area contributed by atoms with Gasteiger partial charge in [-0.25, -0.2) is 4.68 Å². The van der Waals surface area contributed by atoms with Gasteiger partial charge in [0.15, 0.2) is 0 Å². The van der Waals surface area contributed by atoms with Gasteiger partial charge in [-0.3, -0.25) is 9.59 Å². The maximum atomic E-state index is 12.4. The molecular formula is C16H17Cl2N3O3. The lowest BCUT2D eigenvalue weighted by molar-refractivity contribution is 0.0931. The number of hydrogen-bond acceptors (Lipinski definition) is 4. The first-order valence-corrected chi connectivity index (χ1v) is 8.01. The SMILES string of the molecule is COCCn1nc(C(=O)NC(C)c2ccc(Cl)cc2Cl)ccc1=O. The highest BCUT2D eigenvalue weighted by molar-refractivity contribution is 6.35. The predicted molar refractivity (Wildman–Crippen MR) is 92.7 cm³/mol. The molecule has 1 unspecified atom stereocenters. The molecule has 0 bridgehead atoms. The summed E-state index contributed by atoms with van der Waals surface area (Å²) in [7, 11) is 1.53. The molecule has 2 rings (SSSR count). The van der Waals surface area contributed by atoms with Gasteiger partial charge in [-0.05, 0) is 30.7 Å². The molecule has 1 N–H and O–H groups in total. The third-order valence-corrected chi connectivity index (χ3v) is 3.95. The van der Waals surface area contributed by atoms with Crippen LogP contribution in [0, 0.1) is 0 Å². The summed E-state index contributed by atoms with van der Waals surface area (Å²) in [4.78, 5) is 24.1. The van der Waals surface area contributed by atoms with Gasteiger partial charge in [0, 0.05) is 23.2 Å². The molecule has 0 saturated heterocycles. The second-order valence-electron chi connectivity index (χ2n) is 5.13. The number of carbonyl (C=O) groups excluding carboxylic acids is 1. The Morgan fingerprint density at radius 1 is 1.33 bits per heavy atom. The average molecular weight is 370 g/mol. The maximum absolute atomic E-state index is 12.4. The first kappa shape index (κ1) is 18.4. The highest BCUT2D eigenvalue weighted by Crippen LogP contribution is 2.26. The Bertz CT molecular complexity index is 792. The van der Waals surface area contributed by atoms with Gasteiger partial charge < -0.3 is 10.1 Å². The van der Waals surface area contributed by atoms with Crippen LogP contribution < -0.4 is 10.9 Å². The van der Waals surface area contributed by atoms with E-state index in [4.69, 9.17) is 27.9 Å². The molecule has 0 aliphatic carbocycles. The first-order valence-electron chi connectivity index (χ1n) is 7.25. The average Bonchev–Trinajstić information content (AvgIpc) is 2.53. The summed E-state index contributed by atoms with van der Waals surface area (Å²) in [6, 6.07) is 7.42. The molecule has 1 aromatic carbocycles. The molecule has 0 spiro atoms. The van der Waals surface area contributed by atoms with E-state index in [0.717, 1.165) is 5.56 Å². The summed E-state index contributed by atoms with van der Waals surface area (Å²) in [5.41, 5.74) is 0.585. The van der Waals surface area contributed by atoms with Crippen molar-refractivity contribution in [3.05, 3.63) is 62.0 Å². The van der Waals surface area contributed by atoms with E-state index in [0.29, 0.717) is 16.7 Å². The Labute approximate surface area is 149 Å². The molecule has 24 heavy (non-hydrogen) atoms. The Kier molecular flexibility index (Phi) is 6.36. The standard InChI is InChI=1S/C16H17Cl2N3O3/c1-10(12-4-3-11(17)9-13(12)18)19-16(23)14-5-6-15(22)21(20-14)7-8-24-2/h3-6,9-10H,7-8H2,1-2H3,(H,19,23). The van der Waals surface area contributed by atoms with Crippen molar-refractivity contribution in [2.75, 3.05) is 13.7 Å². The zero-order chi connectivity index (χ0) is 17.7. The van der Waals surface area contributed by atoms with Crippen molar-refractivity contribution in [3.63, 3.8) is 0 Å². The molecule has 1 aromatic heterocycles. The summed E-state index contributed by atoms with van der Waals surface area (Å²) in [5, 5.41) is 7.84. The lowest BCUT2D eigenvalue weighted by Gasteiger charge is -2.16. The van der Waals surface area contributed by atoms with Gasteiger partial charge >= 0.3 is 0 Å². The summed E-state index contributed by atoms with van der Waals surface area (Å²) in [6.45, 7) is 2.40. The fourth-order valence-corrected chi connectivity index (χ4v) is 2.68. The van der Waals surface area contributed by atoms with Crippen LogP contribution in [0.4, 0.5) is 0 Å². The molecule has 1 amide bonds. The van der Waals surface area contributed by atoms with Crippen LogP contribution in [0.15, 0.2) is 35.1 Å². The summed E-state index contributed by atoms with van der Waals surface area (Å²) in [5.74, 6) is -0.403. The number of amides is 1. The number of aromatic nitrogens is 2.